The minimum Gasteiger partial charge on any atom is -0.473 e. The van der Waals surface area contributed by atoms with Crippen LogP contribution in [0.3, 0.4) is 0 Å². The number of aromatic nitrogens is 2. The lowest BCUT2D eigenvalue weighted by molar-refractivity contribution is 0.200. The largest absolute Gasteiger partial charge is 0.473 e. The minimum absolute atomic E-state index is 0.331. The Balaban J connectivity index is 1.97. The molecule has 4 heteroatoms. The van der Waals surface area contributed by atoms with Crippen molar-refractivity contribution in [1.82, 2.24) is 9.97 Å². The molecule has 4 nitrogen and oxygen atoms in total. The molecular formula is C9H13N3O. The van der Waals surface area contributed by atoms with Crippen LogP contribution in [0.5, 0.6) is 5.88 Å². The summed E-state index contributed by atoms with van der Waals surface area (Å²) in [6, 6.07) is 0. The lowest BCUT2D eigenvalue weighted by Crippen LogP contribution is -2.12. The molecule has 1 saturated carbocycles. The maximum Gasteiger partial charge on any atom is 0.232 e. The molecule has 1 aliphatic carbocycles. The number of rotatable bonds is 2. The zero-order chi connectivity index (χ0) is 9.10. The molecular weight excluding hydrogens is 166 g/mol. The molecule has 13 heavy (non-hydrogen) atoms. The van der Waals surface area contributed by atoms with Crippen molar-refractivity contribution in [2.45, 2.75) is 31.8 Å². The van der Waals surface area contributed by atoms with Crippen molar-refractivity contribution in [3.63, 3.8) is 0 Å². The lowest BCUT2D eigenvalue weighted by atomic mass is 10.3. The molecule has 0 amide bonds. The van der Waals surface area contributed by atoms with Crippen molar-refractivity contribution in [3.05, 3.63) is 12.4 Å². The molecule has 2 rings (SSSR count). The third kappa shape index (κ3) is 2.08. The van der Waals surface area contributed by atoms with E-state index in [0.717, 1.165) is 12.8 Å². The van der Waals surface area contributed by atoms with Crippen LogP contribution in [0, 0.1) is 0 Å². The Labute approximate surface area is 77.1 Å². The van der Waals surface area contributed by atoms with Crippen LogP contribution in [0.25, 0.3) is 0 Å². The van der Waals surface area contributed by atoms with E-state index >= 15 is 0 Å². The average molecular weight is 179 g/mol. The van der Waals surface area contributed by atoms with Gasteiger partial charge in [0.2, 0.25) is 5.88 Å². The Bertz CT molecular complexity index is 267. The summed E-state index contributed by atoms with van der Waals surface area (Å²) in [6.45, 7) is 0. The standard InChI is InChI=1S/C9H13N3O/c10-8-5-12-9(6-11-8)13-7-3-1-2-4-7/h5-7H,1-4H2,(H2,10,11). The van der Waals surface area contributed by atoms with E-state index < -0.39 is 0 Å². The first-order chi connectivity index (χ1) is 6.34. The van der Waals surface area contributed by atoms with E-state index in [-0.39, 0.29) is 0 Å². The number of hydrogen-bond acceptors (Lipinski definition) is 4. The first-order valence-electron chi connectivity index (χ1n) is 4.59. The van der Waals surface area contributed by atoms with Crippen LogP contribution in [0.15, 0.2) is 12.4 Å². The van der Waals surface area contributed by atoms with E-state index in [1.54, 1.807) is 6.20 Å². The molecule has 1 heterocycles. The van der Waals surface area contributed by atoms with E-state index in [2.05, 4.69) is 9.97 Å². The summed E-state index contributed by atoms with van der Waals surface area (Å²) in [6.07, 6.45) is 8.20. The van der Waals surface area contributed by atoms with Crippen LogP contribution >= 0.6 is 0 Å². The number of nitrogens with zero attached hydrogens (tertiary/aromatic N) is 2. The van der Waals surface area contributed by atoms with Gasteiger partial charge in [-0.2, -0.15) is 0 Å². The molecule has 1 aromatic rings. The van der Waals surface area contributed by atoms with Crippen LogP contribution in [0.4, 0.5) is 5.82 Å². The molecule has 0 saturated heterocycles. The van der Waals surface area contributed by atoms with E-state index in [4.69, 9.17) is 10.5 Å². The van der Waals surface area contributed by atoms with Crippen molar-refractivity contribution in [1.29, 1.82) is 0 Å². The van der Waals surface area contributed by atoms with Gasteiger partial charge >= 0.3 is 0 Å². The first kappa shape index (κ1) is 8.29. The van der Waals surface area contributed by atoms with Crippen molar-refractivity contribution < 1.29 is 4.74 Å². The maximum absolute atomic E-state index is 5.60. The van der Waals surface area contributed by atoms with Gasteiger partial charge in [-0.25, -0.2) is 9.97 Å². The molecule has 0 aliphatic heterocycles. The SMILES string of the molecule is Nc1cnc(OC2CCCC2)cn1. The van der Waals surface area contributed by atoms with Gasteiger partial charge in [0.15, 0.2) is 0 Å². The predicted molar refractivity (Wildman–Crippen MR) is 49.3 cm³/mol. The Hall–Kier alpha value is -1.32. The van der Waals surface area contributed by atoms with Gasteiger partial charge in [-0.1, -0.05) is 0 Å². The predicted octanol–water partition coefficient (Wildman–Crippen LogP) is 1.38. The Kier molecular flexibility index (Phi) is 2.29. The summed E-state index contributed by atoms with van der Waals surface area (Å²) in [4.78, 5) is 7.94. The fourth-order valence-electron chi connectivity index (χ4n) is 1.56. The normalized spacial score (nSPS) is 17.5. The Morgan fingerprint density at radius 3 is 2.62 bits per heavy atom. The summed E-state index contributed by atoms with van der Waals surface area (Å²) in [7, 11) is 0. The molecule has 70 valence electrons. The lowest BCUT2D eigenvalue weighted by Gasteiger charge is -2.10. The molecule has 0 aromatic carbocycles. The molecule has 1 aromatic heterocycles. The minimum atomic E-state index is 0.331. The van der Waals surface area contributed by atoms with Gasteiger partial charge in [0.25, 0.3) is 0 Å². The van der Waals surface area contributed by atoms with Gasteiger partial charge in [0.05, 0.1) is 12.4 Å². The van der Waals surface area contributed by atoms with E-state index in [9.17, 15) is 0 Å². The highest BCUT2D eigenvalue weighted by molar-refractivity contribution is 5.24. The first-order valence-corrected chi connectivity index (χ1v) is 4.59. The van der Waals surface area contributed by atoms with E-state index in [1.165, 1.54) is 19.0 Å². The smallest absolute Gasteiger partial charge is 0.232 e. The van der Waals surface area contributed by atoms with Gasteiger partial charge in [-0.3, -0.25) is 0 Å². The second-order valence-electron chi connectivity index (χ2n) is 3.30. The Morgan fingerprint density at radius 2 is 2.00 bits per heavy atom. The summed E-state index contributed by atoms with van der Waals surface area (Å²) in [5.41, 5.74) is 5.41. The quantitative estimate of drug-likeness (QED) is 0.745. The number of ether oxygens (including phenoxy) is 1. The molecule has 0 unspecified atom stereocenters. The summed E-state index contributed by atoms with van der Waals surface area (Å²) in [5.74, 6) is 1.01. The van der Waals surface area contributed by atoms with Crippen molar-refractivity contribution in [2.24, 2.45) is 0 Å². The maximum atomic E-state index is 5.60. The fourth-order valence-corrected chi connectivity index (χ4v) is 1.56. The average Bonchev–Trinajstić information content (AvgIpc) is 2.62. The monoisotopic (exact) mass is 179 g/mol. The topological polar surface area (TPSA) is 61.0 Å². The number of nitrogens with two attached hydrogens (primary N) is 1. The number of anilines is 1. The highest BCUT2D eigenvalue weighted by atomic mass is 16.5. The fraction of sp³-hybridized carbons (Fsp3) is 0.556. The van der Waals surface area contributed by atoms with Gasteiger partial charge in [-0.15, -0.1) is 0 Å². The number of nitrogen functional groups attached to an aromatic ring is 1. The van der Waals surface area contributed by atoms with E-state index in [0.29, 0.717) is 17.8 Å². The van der Waals surface area contributed by atoms with Gasteiger partial charge in [0, 0.05) is 0 Å². The molecule has 1 aliphatic rings. The van der Waals surface area contributed by atoms with Gasteiger partial charge < -0.3 is 10.5 Å². The van der Waals surface area contributed by atoms with Crippen LogP contribution in [-0.4, -0.2) is 16.1 Å². The molecule has 0 spiro atoms. The molecule has 2 N–H and O–H groups in total. The summed E-state index contributed by atoms with van der Waals surface area (Å²) in [5, 5.41) is 0. The Morgan fingerprint density at radius 1 is 1.23 bits per heavy atom. The highest BCUT2D eigenvalue weighted by Gasteiger charge is 2.16. The second kappa shape index (κ2) is 3.60. The highest BCUT2D eigenvalue weighted by Crippen LogP contribution is 2.22. The van der Waals surface area contributed by atoms with Gasteiger partial charge in [-0.05, 0) is 25.7 Å². The zero-order valence-electron chi connectivity index (χ0n) is 7.44. The number of hydrogen-bond donors (Lipinski definition) is 1. The van der Waals surface area contributed by atoms with E-state index in [1.807, 2.05) is 0 Å². The third-order valence-electron chi connectivity index (χ3n) is 2.24. The van der Waals surface area contributed by atoms with Crippen LogP contribution in [-0.2, 0) is 0 Å². The molecule has 0 atom stereocenters. The van der Waals surface area contributed by atoms with Crippen LogP contribution in [0.2, 0.25) is 0 Å². The summed E-state index contributed by atoms with van der Waals surface area (Å²) < 4.78 is 5.60. The zero-order valence-corrected chi connectivity index (χ0v) is 7.44. The van der Waals surface area contributed by atoms with Crippen LogP contribution < -0.4 is 10.5 Å². The van der Waals surface area contributed by atoms with Crippen molar-refractivity contribution in [3.8, 4) is 5.88 Å². The molecule has 1 fully saturated rings. The summed E-state index contributed by atoms with van der Waals surface area (Å²) >= 11 is 0. The van der Waals surface area contributed by atoms with Crippen molar-refractivity contribution >= 4 is 5.82 Å². The van der Waals surface area contributed by atoms with Gasteiger partial charge in [0.1, 0.15) is 11.9 Å². The molecule has 0 bridgehead atoms. The molecule has 0 radical (unpaired) electrons. The second-order valence-corrected chi connectivity index (χ2v) is 3.30. The van der Waals surface area contributed by atoms with Crippen LogP contribution in [0.1, 0.15) is 25.7 Å². The third-order valence-corrected chi connectivity index (χ3v) is 2.24. The van der Waals surface area contributed by atoms with Crippen molar-refractivity contribution in [2.75, 3.05) is 5.73 Å².